The van der Waals surface area contributed by atoms with Gasteiger partial charge in [0.05, 0.1) is 16.9 Å². The molecule has 0 aliphatic carbocycles. The predicted molar refractivity (Wildman–Crippen MR) is 91.9 cm³/mol. The molecular weight excluding hydrogens is 347 g/mol. The highest BCUT2D eigenvalue weighted by molar-refractivity contribution is 5.88. The molecule has 3 rings (SSSR count). The van der Waals surface area contributed by atoms with Crippen LogP contribution in [-0.4, -0.2) is 29.7 Å². The molecule has 0 atom stereocenters. The molecule has 3 aromatic rings. The molecule has 1 N–H and O–H groups in total. The van der Waals surface area contributed by atoms with Crippen molar-refractivity contribution >= 4 is 6.21 Å². The normalized spacial score (nSPS) is 11.4. The highest BCUT2D eigenvalue weighted by Crippen LogP contribution is 2.25. The van der Waals surface area contributed by atoms with E-state index >= 15 is 0 Å². The topological polar surface area (TPSA) is 59.4 Å². The zero-order valence-electron chi connectivity index (χ0n) is 13.6. The zero-order chi connectivity index (χ0) is 18.7. The third kappa shape index (κ3) is 3.53. The largest absolute Gasteiger partial charge is 0.435 e. The first-order chi connectivity index (χ1) is 12.5. The van der Waals surface area contributed by atoms with E-state index < -0.39 is 18.0 Å². The molecule has 0 saturated heterocycles. The van der Waals surface area contributed by atoms with Crippen LogP contribution in [0.1, 0.15) is 5.56 Å². The van der Waals surface area contributed by atoms with E-state index in [0.29, 0.717) is 16.9 Å². The molecule has 0 fully saturated rings. The number of aliphatic imine (C=N–C) groups is 1. The predicted octanol–water partition coefficient (Wildman–Crippen LogP) is 3.62. The first kappa shape index (κ1) is 17.5. The Labute approximate surface area is 146 Å². The lowest BCUT2D eigenvalue weighted by atomic mass is 10.1. The van der Waals surface area contributed by atoms with Crippen molar-refractivity contribution in [3.63, 3.8) is 0 Å². The molecule has 0 aliphatic rings. The van der Waals surface area contributed by atoms with E-state index in [4.69, 9.17) is 0 Å². The van der Waals surface area contributed by atoms with Gasteiger partial charge < -0.3 is 4.74 Å². The molecule has 0 unspecified atom stereocenters. The fourth-order valence-electron chi connectivity index (χ4n) is 2.52. The quantitative estimate of drug-likeness (QED) is 0.706. The van der Waals surface area contributed by atoms with Crippen molar-refractivity contribution in [1.29, 1.82) is 0 Å². The lowest BCUT2D eigenvalue weighted by Crippen LogP contribution is -2.17. The third-order valence-electron chi connectivity index (χ3n) is 3.62. The average molecular weight is 361 g/mol. The molecule has 0 radical (unpaired) electrons. The minimum atomic E-state index is -2.95. The average Bonchev–Trinajstić information content (AvgIpc) is 2.93. The number of aromatic nitrogens is 2. The Hall–Kier alpha value is -3.29. The van der Waals surface area contributed by atoms with Crippen molar-refractivity contribution in [2.75, 3.05) is 7.05 Å². The second-order valence-electron chi connectivity index (χ2n) is 5.31. The van der Waals surface area contributed by atoms with Crippen molar-refractivity contribution in [1.82, 2.24) is 9.78 Å². The van der Waals surface area contributed by atoms with Crippen LogP contribution in [0.4, 0.5) is 13.2 Å². The second-order valence-corrected chi connectivity index (χ2v) is 5.31. The lowest BCUT2D eigenvalue weighted by molar-refractivity contribution is -0.0498. The number of nitrogens with zero attached hydrogens (tertiary/aromatic N) is 2. The summed E-state index contributed by atoms with van der Waals surface area (Å²) >= 11 is 0. The lowest BCUT2D eigenvalue weighted by Gasteiger charge is -2.06. The Bertz CT molecular complexity index is 992. The summed E-state index contributed by atoms with van der Waals surface area (Å²) in [5, 5.41) is 2.91. The van der Waals surface area contributed by atoms with E-state index in [1.165, 1.54) is 60.4 Å². The van der Waals surface area contributed by atoms with Gasteiger partial charge in [-0.2, -0.15) is 8.78 Å². The molecule has 0 spiro atoms. The minimum Gasteiger partial charge on any atom is -0.435 e. The fraction of sp³-hybridized carbons (Fsp3) is 0.111. The number of benzene rings is 2. The fourth-order valence-corrected chi connectivity index (χ4v) is 2.52. The van der Waals surface area contributed by atoms with Gasteiger partial charge >= 0.3 is 6.61 Å². The number of H-pyrrole nitrogens is 1. The van der Waals surface area contributed by atoms with Crippen LogP contribution < -0.4 is 10.3 Å². The van der Waals surface area contributed by atoms with E-state index in [1.807, 2.05) is 0 Å². The first-order valence-electron chi connectivity index (χ1n) is 7.58. The molecular formula is C18H14F3N3O2. The molecule has 134 valence electrons. The van der Waals surface area contributed by atoms with E-state index in [1.54, 1.807) is 6.07 Å². The van der Waals surface area contributed by atoms with Crippen molar-refractivity contribution in [3.05, 3.63) is 70.3 Å². The standard InChI is InChI=1S/C18H14F3N3O2/c1-22-10-15-16(11-3-2-4-14(9-11)26-18(20)21)23-24(17(15)25)13-7-5-12(19)6-8-13/h2-10,18,23H,1H3. The van der Waals surface area contributed by atoms with Crippen LogP contribution in [0.2, 0.25) is 0 Å². The molecule has 0 aliphatic heterocycles. The van der Waals surface area contributed by atoms with Gasteiger partial charge in [-0.15, -0.1) is 0 Å². The Morgan fingerprint density at radius 2 is 1.92 bits per heavy atom. The molecule has 0 saturated carbocycles. The van der Waals surface area contributed by atoms with E-state index in [2.05, 4.69) is 14.8 Å². The van der Waals surface area contributed by atoms with Gasteiger partial charge in [0.15, 0.2) is 0 Å². The maximum Gasteiger partial charge on any atom is 0.387 e. The third-order valence-corrected chi connectivity index (χ3v) is 3.62. The van der Waals surface area contributed by atoms with Crippen LogP contribution in [0.15, 0.2) is 58.3 Å². The summed E-state index contributed by atoms with van der Waals surface area (Å²) in [4.78, 5) is 16.6. The van der Waals surface area contributed by atoms with Crippen LogP contribution >= 0.6 is 0 Å². The van der Waals surface area contributed by atoms with Crippen molar-refractivity contribution in [2.45, 2.75) is 6.61 Å². The molecule has 8 heteroatoms. The number of ether oxygens (including phenoxy) is 1. The molecule has 1 aromatic heterocycles. The van der Waals surface area contributed by atoms with Gasteiger partial charge in [0.2, 0.25) is 0 Å². The summed E-state index contributed by atoms with van der Waals surface area (Å²) in [6, 6.07) is 11.3. The van der Waals surface area contributed by atoms with E-state index in [0.717, 1.165) is 0 Å². The summed E-state index contributed by atoms with van der Waals surface area (Å²) < 4.78 is 43.6. The number of hydrogen-bond donors (Lipinski definition) is 1. The van der Waals surface area contributed by atoms with Gasteiger partial charge in [0.1, 0.15) is 11.6 Å². The molecule has 5 nitrogen and oxygen atoms in total. The van der Waals surface area contributed by atoms with Crippen LogP contribution in [0.25, 0.3) is 16.9 Å². The van der Waals surface area contributed by atoms with E-state index in [9.17, 15) is 18.0 Å². The van der Waals surface area contributed by atoms with Gasteiger partial charge in [-0.05, 0) is 36.4 Å². The maximum atomic E-state index is 13.1. The summed E-state index contributed by atoms with van der Waals surface area (Å²) in [6.45, 7) is -2.95. The monoisotopic (exact) mass is 361 g/mol. The minimum absolute atomic E-state index is 0.0349. The van der Waals surface area contributed by atoms with Gasteiger partial charge in [0.25, 0.3) is 5.56 Å². The van der Waals surface area contributed by atoms with Crippen LogP contribution in [0.3, 0.4) is 0 Å². The Kier molecular flexibility index (Phi) is 4.92. The highest BCUT2D eigenvalue weighted by atomic mass is 19.3. The van der Waals surface area contributed by atoms with Gasteiger partial charge in [-0.3, -0.25) is 14.9 Å². The summed E-state index contributed by atoms with van der Waals surface area (Å²) in [6.07, 6.45) is 1.37. The Morgan fingerprint density at radius 1 is 1.19 bits per heavy atom. The number of nitrogens with one attached hydrogen (secondary N) is 1. The molecule has 0 amide bonds. The van der Waals surface area contributed by atoms with Crippen molar-refractivity contribution < 1.29 is 17.9 Å². The number of hydrogen-bond acceptors (Lipinski definition) is 3. The van der Waals surface area contributed by atoms with Gasteiger partial charge in [-0.25, -0.2) is 9.07 Å². The van der Waals surface area contributed by atoms with Crippen LogP contribution in [-0.2, 0) is 0 Å². The zero-order valence-corrected chi connectivity index (χ0v) is 13.6. The van der Waals surface area contributed by atoms with Crippen molar-refractivity contribution in [3.8, 4) is 22.7 Å². The summed E-state index contributed by atoms with van der Waals surface area (Å²) in [5.41, 5.74) is 1.11. The van der Waals surface area contributed by atoms with Gasteiger partial charge in [-0.1, -0.05) is 12.1 Å². The molecule has 1 heterocycles. The number of alkyl halides is 2. The second kappa shape index (κ2) is 7.30. The molecule has 2 aromatic carbocycles. The van der Waals surface area contributed by atoms with Crippen molar-refractivity contribution in [2.24, 2.45) is 4.99 Å². The summed E-state index contributed by atoms with van der Waals surface area (Å²) in [7, 11) is 1.51. The van der Waals surface area contributed by atoms with Crippen LogP contribution in [0.5, 0.6) is 5.75 Å². The molecule has 0 bridgehead atoms. The maximum absolute atomic E-state index is 13.1. The number of aromatic amines is 1. The first-order valence-corrected chi connectivity index (χ1v) is 7.58. The summed E-state index contributed by atoms with van der Waals surface area (Å²) in [5.74, 6) is -0.465. The SMILES string of the molecule is CN=Cc1c(-c2cccc(OC(F)F)c2)[nH]n(-c2ccc(F)cc2)c1=O. The Morgan fingerprint density at radius 3 is 2.58 bits per heavy atom. The number of rotatable bonds is 5. The van der Waals surface area contributed by atoms with E-state index in [-0.39, 0.29) is 11.3 Å². The smallest absolute Gasteiger partial charge is 0.387 e. The van der Waals surface area contributed by atoms with Gasteiger partial charge in [0, 0.05) is 18.8 Å². The Balaban J connectivity index is 2.14. The molecule has 26 heavy (non-hydrogen) atoms. The van der Waals surface area contributed by atoms with Crippen LogP contribution in [0, 0.1) is 5.82 Å². The number of halogens is 3. The highest BCUT2D eigenvalue weighted by Gasteiger charge is 2.16.